The molecule has 3 N–H and O–H groups in total. The van der Waals surface area contributed by atoms with Crippen LogP contribution in [0.25, 0.3) is 0 Å². The van der Waals surface area contributed by atoms with Gasteiger partial charge in [-0.25, -0.2) is 8.78 Å². The van der Waals surface area contributed by atoms with E-state index in [4.69, 9.17) is 17.3 Å². The summed E-state index contributed by atoms with van der Waals surface area (Å²) in [7, 11) is 0. The second-order valence-corrected chi connectivity index (χ2v) is 5.20. The first-order valence-corrected chi connectivity index (χ1v) is 6.39. The Hall–Kier alpha value is -1.08. The highest BCUT2D eigenvalue weighted by Crippen LogP contribution is 2.29. The Morgan fingerprint density at radius 3 is 2.44 bits per heavy atom. The molecule has 0 radical (unpaired) electrons. The second-order valence-electron chi connectivity index (χ2n) is 3.60. The van der Waals surface area contributed by atoms with E-state index in [1.54, 1.807) is 0 Å². The zero-order chi connectivity index (χ0) is 13.3. The van der Waals surface area contributed by atoms with Crippen LogP contribution in [0.2, 0.25) is 5.02 Å². The number of halogens is 4. The number of hydrogen-bond acceptors (Lipinski definition) is 2. The normalized spacial score (nSPS) is 10.4. The lowest BCUT2D eigenvalue weighted by atomic mass is 10.2. The van der Waals surface area contributed by atoms with E-state index in [2.05, 4.69) is 5.32 Å². The van der Waals surface area contributed by atoms with Gasteiger partial charge in [-0.15, -0.1) is 0 Å². The molecule has 2 nitrogen and oxygen atoms in total. The smallest absolute Gasteiger partial charge is 0.148 e. The lowest BCUT2D eigenvalue weighted by Crippen LogP contribution is -2.00. The summed E-state index contributed by atoms with van der Waals surface area (Å²) in [6.07, 6.45) is 0. The fourth-order valence-electron chi connectivity index (χ4n) is 1.41. The van der Waals surface area contributed by atoms with Crippen molar-refractivity contribution in [1.29, 1.82) is 0 Å². The van der Waals surface area contributed by atoms with Crippen LogP contribution in [0.4, 0.5) is 25.8 Å². The Morgan fingerprint density at radius 2 is 1.78 bits per heavy atom. The molecule has 18 heavy (non-hydrogen) atoms. The number of anilines is 3. The fourth-order valence-corrected chi connectivity index (χ4v) is 2.06. The maximum atomic E-state index is 13.6. The molecule has 0 amide bonds. The fraction of sp³-hybridized carbons (Fsp3) is 0. The summed E-state index contributed by atoms with van der Waals surface area (Å²) in [6.45, 7) is 0. The van der Waals surface area contributed by atoms with Gasteiger partial charge in [-0.1, -0.05) is 11.6 Å². The van der Waals surface area contributed by atoms with Crippen molar-refractivity contribution in [3.63, 3.8) is 0 Å². The number of hydrogen-bond donors (Lipinski definition) is 2. The van der Waals surface area contributed by atoms with Gasteiger partial charge in [0, 0.05) is 11.1 Å². The van der Waals surface area contributed by atoms with Gasteiger partial charge in [-0.2, -0.15) is 0 Å². The summed E-state index contributed by atoms with van der Waals surface area (Å²) in [5.74, 6) is -0.942. The van der Waals surface area contributed by atoms with E-state index in [0.717, 1.165) is 0 Å². The Bertz CT molecular complexity index is 605. The van der Waals surface area contributed by atoms with Crippen LogP contribution in [0.15, 0.2) is 30.3 Å². The van der Waals surface area contributed by atoms with Crippen LogP contribution in [0.1, 0.15) is 0 Å². The van der Waals surface area contributed by atoms with Crippen LogP contribution in [-0.2, 0) is 0 Å². The molecule has 0 aliphatic carbocycles. The molecule has 0 fully saturated rings. The predicted molar refractivity (Wildman–Crippen MR) is 78.2 cm³/mol. The molecule has 0 bridgehead atoms. The predicted octanol–water partition coefficient (Wildman–Crippen LogP) is 4.55. The molecule has 0 aromatic heterocycles. The molecule has 0 saturated carbocycles. The van der Waals surface area contributed by atoms with Crippen LogP contribution < -0.4 is 11.1 Å². The molecule has 94 valence electrons. The maximum Gasteiger partial charge on any atom is 0.148 e. The maximum absolute atomic E-state index is 13.6. The third-order valence-electron chi connectivity index (χ3n) is 2.29. The van der Waals surface area contributed by atoms with Crippen LogP contribution in [-0.4, -0.2) is 0 Å². The van der Waals surface area contributed by atoms with E-state index in [9.17, 15) is 8.78 Å². The molecule has 2 aromatic rings. The Morgan fingerprint density at radius 1 is 1.06 bits per heavy atom. The van der Waals surface area contributed by atoms with Crippen LogP contribution in [0, 0.1) is 15.2 Å². The van der Waals surface area contributed by atoms with E-state index in [1.165, 1.54) is 30.3 Å². The molecule has 2 aromatic carbocycles. The van der Waals surface area contributed by atoms with Crippen molar-refractivity contribution in [3.8, 4) is 0 Å². The Balaban J connectivity index is 2.37. The first kappa shape index (κ1) is 13.4. The van der Waals surface area contributed by atoms with Crippen LogP contribution in [0.5, 0.6) is 0 Å². The minimum atomic E-state index is -0.527. The molecular weight excluding hydrogens is 372 g/mol. The number of nitrogens with one attached hydrogen (secondary N) is 1. The number of rotatable bonds is 2. The topological polar surface area (TPSA) is 38.0 Å². The van der Waals surface area contributed by atoms with Gasteiger partial charge in [0.25, 0.3) is 0 Å². The van der Waals surface area contributed by atoms with Gasteiger partial charge < -0.3 is 11.1 Å². The molecule has 0 aliphatic rings. The first-order valence-electron chi connectivity index (χ1n) is 4.94. The second kappa shape index (κ2) is 5.27. The van der Waals surface area contributed by atoms with E-state index in [1.807, 2.05) is 22.6 Å². The third-order valence-corrected chi connectivity index (χ3v) is 3.35. The van der Waals surface area contributed by atoms with Crippen LogP contribution >= 0.6 is 34.2 Å². The number of nitrogen functional groups attached to an aromatic ring is 1. The summed E-state index contributed by atoms with van der Waals surface area (Å²) >= 11 is 7.48. The minimum Gasteiger partial charge on any atom is -0.397 e. The third kappa shape index (κ3) is 2.84. The van der Waals surface area contributed by atoms with Gasteiger partial charge in [0.2, 0.25) is 0 Å². The quantitative estimate of drug-likeness (QED) is 0.593. The average molecular weight is 381 g/mol. The molecule has 2 rings (SSSR count). The summed E-state index contributed by atoms with van der Waals surface area (Å²) in [6, 6.07) is 6.87. The molecule has 6 heteroatoms. The summed E-state index contributed by atoms with van der Waals surface area (Å²) in [5, 5.41) is 3.03. The molecule has 0 spiro atoms. The lowest BCUT2D eigenvalue weighted by molar-refractivity contribution is 0.620. The first-order chi connectivity index (χ1) is 8.47. The van der Waals surface area contributed by atoms with E-state index in [-0.39, 0.29) is 5.69 Å². The number of benzene rings is 2. The summed E-state index contributed by atoms with van der Waals surface area (Å²) in [5.41, 5.74) is 6.58. The average Bonchev–Trinajstić information content (AvgIpc) is 2.29. The molecule has 0 atom stereocenters. The van der Waals surface area contributed by atoms with Crippen molar-refractivity contribution < 1.29 is 8.78 Å². The SMILES string of the molecule is Nc1cc(I)c(F)cc1Nc1ccc(Cl)cc1F. The summed E-state index contributed by atoms with van der Waals surface area (Å²) < 4.78 is 27.4. The zero-order valence-electron chi connectivity index (χ0n) is 8.98. The zero-order valence-corrected chi connectivity index (χ0v) is 11.9. The molecule has 0 aliphatic heterocycles. The highest BCUT2D eigenvalue weighted by atomic mass is 127. The Kier molecular flexibility index (Phi) is 3.91. The van der Waals surface area contributed by atoms with Gasteiger partial charge >= 0.3 is 0 Å². The molecular formula is C12H8ClF2IN2. The van der Waals surface area contributed by atoms with E-state index in [0.29, 0.717) is 20.0 Å². The van der Waals surface area contributed by atoms with Crippen LogP contribution in [0.3, 0.4) is 0 Å². The minimum absolute atomic E-state index is 0.187. The van der Waals surface area contributed by atoms with Crippen molar-refractivity contribution >= 4 is 51.3 Å². The van der Waals surface area contributed by atoms with Gasteiger partial charge in [0.15, 0.2) is 0 Å². The standard InChI is InChI=1S/C12H8ClF2IN2/c13-6-1-2-11(8(15)3-6)18-12-4-7(14)9(16)5-10(12)17/h1-5,18H,17H2. The van der Waals surface area contributed by atoms with Gasteiger partial charge in [0.1, 0.15) is 11.6 Å². The van der Waals surface area contributed by atoms with Crippen molar-refractivity contribution in [1.82, 2.24) is 0 Å². The van der Waals surface area contributed by atoms with Crippen molar-refractivity contribution in [2.45, 2.75) is 0 Å². The monoisotopic (exact) mass is 380 g/mol. The van der Waals surface area contributed by atoms with Crippen molar-refractivity contribution in [2.24, 2.45) is 0 Å². The van der Waals surface area contributed by atoms with Crippen molar-refractivity contribution in [3.05, 3.63) is 50.6 Å². The van der Waals surface area contributed by atoms with E-state index >= 15 is 0 Å². The summed E-state index contributed by atoms with van der Waals surface area (Å²) in [4.78, 5) is 0. The lowest BCUT2D eigenvalue weighted by Gasteiger charge is -2.11. The molecule has 0 saturated heterocycles. The van der Waals surface area contributed by atoms with Gasteiger partial charge in [0.05, 0.1) is 20.6 Å². The molecule has 0 heterocycles. The van der Waals surface area contributed by atoms with Gasteiger partial charge in [-0.3, -0.25) is 0 Å². The number of nitrogens with two attached hydrogens (primary N) is 1. The van der Waals surface area contributed by atoms with Crippen molar-refractivity contribution in [2.75, 3.05) is 11.1 Å². The van der Waals surface area contributed by atoms with E-state index < -0.39 is 11.6 Å². The Labute approximate surface area is 121 Å². The van der Waals surface area contributed by atoms with Gasteiger partial charge in [-0.05, 0) is 46.9 Å². The largest absolute Gasteiger partial charge is 0.397 e. The molecule has 0 unspecified atom stereocenters. The highest BCUT2D eigenvalue weighted by Gasteiger charge is 2.09. The highest BCUT2D eigenvalue weighted by molar-refractivity contribution is 14.1.